The molecule has 4 nitrogen and oxygen atoms in total. The predicted octanol–water partition coefficient (Wildman–Crippen LogP) is 1.60. The minimum Gasteiger partial charge on any atom is -0.397 e. The van der Waals surface area contributed by atoms with Crippen molar-refractivity contribution in [3.05, 3.63) is 12.3 Å². The van der Waals surface area contributed by atoms with Gasteiger partial charge in [-0.3, -0.25) is 0 Å². The molecule has 1 aliphatic carbocycles. The minimum absolute atomic E-state index is 0.520. The summed E-state index contributed by atoms with van der Waals surface area (Å²) in [7, 11) is 0. The van der Waals surface area contributed by atoms with Crippen LogP contribution in [0.2, 0.25) is 0 Å². The fourth-order valence-electron chi connectivity index (χ4n) is 1.87. The molecule has 1 heterocycles. The van der Waals surface area contributed by atoms with Crippen molar-refractivity contribution in [3.63, 3.8) is 0 Å². The standard InChI is InChI=1S/C10H16N4/c11-8-5-6-13-10(9(8)12)14-7-3-1-2-4-7/h5-7H,1-4,12H2,(H3,11,13,14). The monoisotopic (exact) mass is 192 g/mol. The third kappa shape index (κ3) is 1.73. The highest BCUT2D eigenvalue weighted by atomic mass is 15.0. The molecule has 0 aromatic carbocycles. The van der Waals surface area contributed by atoms with Crippen LogP contribution >= 0.6 is 0 Å². The molecule has 1 saturated carbocycles. The first kappa shape index (κ1) is 9.12. The Hall–Kier alpha value is -1.45. The van der Waals surface area contributed by atoms with Gasteiger partial charge in [-0.2, -0.15) is 0 Å². The number of nitrogens with zero attached hydrogens (tertiary/aromatic N) is 1. The number of aromatic nitrogens is 1. The molecule has 1 aromatic heterocycles. The molecule has 4 heteroatoms. The number of nitrogens with two attached hydrogens (primary N) is 2. The van der Waals surface area contributed by atoms with Gasteiger partial charge in [0.15, 0.2) is 5.82 Å². The zero-order chi connectivity index (χ0) is 9.97. The van der Waals surface area contributed by atoms with E-state index < -0.39 is 0 Å². The maximum atomic E-state index is 5.81. The first-order chi connectivity index (χ1) is 6.77. The Kier molecular flexibility index (Phi) is 2.43. The van der Waals surface area contributed by atoms with Gasteiger partial charge in [-0.25, -0.2) is 4.98 Å². The topological polar surface area (TPSA) is 77.0 Å². The predicted molar refractivity (Wildman–Crippen MR) is 58.9 cm³/mol. The number of nitrogen functional groups attached to an aromatic ring is 2. The molecular formula is C10H16N4. The van der Waals surface area contributed by atoms with Crippen molar-refractivity contribution in [3.8, 4) is 0 Å². The maximum Gasteiger partial charge on any atom is 0.151 e. The quantitative estimate of drug-likeness (QED) is 0.665. The molecule has 76 valence electrons. The van der Waals surface area contributed by atoms with Crippen LogP contribution in [0, 0.1) is 0 Å². The van der Waals surface area contributed by atoms with Crippen molar-refractivity contribution >= 4 is 17.2 Å². The van der Waals surface area contributed by atoms with E-state index >= 15 is 0 Å². The van der Waals surface area contributed by atoms with E-state index in [1.165, 1.54) is 25.7 Å². The Bertz CT molecular complexity index is 318. The second-order valence-electron chi connectivity index (χ2n) is 3.79. The molecule has 5 N–H and O–H groups in total. The molecule has 1 aliphatic rings. The van der Waals surface area contributed by atoms with Crippen LogP contribution in [0.1, 0.15) is 25.7 Å². The van der Waals surface area contributed by atoms with E-state index in [1.807, 2.05) is 0 Å². The number of hydrogen-bond donors (Lipinski definition) is 3. The summed E-state index contributed by atoms with van der Waals surface area (Å²) in [6, 6.07) is 2.24. The van der Waals surface area contributed by atoms with Gasteiger partial charge in [0.05, 0.1) is 11.4 Å². The lowest BCUT2D eigenvalue weighted by atomic mass is 10.2. The average molecular weight is 192 g/mol. The van der Waals surface area contributed by atoms with E-state index in [4.69, 9.17) is 11.5 Å². The van der Waals surface area contributed by atoms with Crippen molar-refractivity contribution in [2.75, 3.05) is 16.8 Å². The molecule has 0 spiro atoms. The van der Waals surface area contributed by atoms with Crippen LogP contribution in [-0.2, 0) is 0 Å². The summed E-state index contributed by atoms with van der Waals surface area (Å²) in [4.78, 5) is 4.19. The third-order valence-corrected chi connectivity index (χ3v) is 2.72. The molecule has 1 aromatic rings. The van der Waals surface area contributed by atoms with Crippen LogP contribution in [-0.4, -0.2) is 11.0 Å². The van der Waals surface area contributed by atoms with E-state index in [1.54, 1.807) is 12.3 Å². The Balaban J connectivity index is 2.11. The van der Waals surface area contributed by atoms with Crippen molar-refractivity contribution in [1.82, 2.24) is 4.98 Å². The zero-order valence-corrected chi connectivity index (χ0v) is 8.16. The molecule has 0 unspecified atom stereocenters. The van der Waals surface area contributed by atoms with Gasteiger partial charge in [0.2, 0.25) is 0 Å². The Morgan fingerprint density at radius 3 is 2.71 bits per heavy atom. The van der Waals surface area contributed by atoms with Crippen LogP contribution in [0.4, 0.5) is 17.2 Å². The van der Waals surface area contributed by atoms with E-state index in [2.05, 4.69) is 10.3 Å². The van der Waals surface area contributed by atoms with Crippen molar-refractivity contribution < 1.29 is 0 Å². The molecule has 0 saturated heterocycles. The van der Waals surface area contributed by atoms with Crippen molar-refractivity contribution in [2.24, 2.45) is 0 Å². The highest BCUT2D eigenvalue weighted by Crippen LogP contribution is 2.26. The first-order valence-electron chi connectivity index (χ1n) is 5.04. The van der Waals surface area contributed by atoms with Gasteiger partial charge in [-0.1, -0.05) is 12.8 Å². The molecule has 0 amide bonds. The van der Waals surface area contributed by atoms with Gasteiger partial charge in [-0.15, -0.1) is 0 Å². The van der Waals surface area contributed by atoms with Crippen LogP contribution in [0.3, 0.4) is 0 Å². The van der Waals surface area contributed by atoms with E-state index in [-0.39, 0.29) is 0 Å². The van der Waals surface area contributed by atoms with Gasteiger partial charge >= 0.3 is 0 Å². The lowest BCUT2D eigenvalue weighted by molar-refractivity contribution is 0.751. The normalized spacial score (nSPS) is 17.1. The number of pyridine rings is 1. The number of hydrogen-bond acceptors (Lipinski definition) is 4. The van der Waals surface area contributed by atoms with E-state index in [0.29, 0.717) is 17.4 Å². The van der Waals surface area contributed by atoms with Gasteiger partial charge in [-0.05, 0) is 18.9 Å². The number of rotatable bonds is 2. The van der Waals surface area contributed by atoms with Crippen LogP contribution in [0.5, 0.6) is 0 Å². The van der Waals surface area contributed by atoms with E-state index in [0.717, 1.165) is 5.82 Å². The average Bonchev–Trinajstić information content (AvgIpc) is 2.66. The van der Waals surface area contributed by atoms with Gasteiger partial charge in [0, 0.05) is 12.2 Å². The molecule has 14 heavy (non-hydrogen) atoms. The highest BCUT2D eigenvalue weighted by Gasteiger charge is 2.16. The summed E-state index contributed by atoms with van der Waals surface area (Å²) in [5, 5.41) is 3.33. The molecule has 0 atom stereocenters. The molecular weight excluding hydrogens is 176 g/mol. The Morgan fingerprint density at radius 1 is 1.29 bits per heavy atom. The number of anilines is 3. The second kappa shape index (κ2) is 3.74. The smallest absolute Gasteiger partial charge is 0.151 e. The van der Waals surface area contributed by atoms with Crippen LogP contribution < -0.4 is 16.8 Å². The summed E-state index contributed by atoms with van der Waals surface area (Å²) >= 11 is 0. The summed E-state index contributed by atoms with van der Waals surface area (Å²) in [6.45, 7) is 0. The molecule has 1 fully saturated rings. The fraction of sp³-hybridized carbons (Fsp3) is 0.500. The van der Waals surface area contributed by atoms with Gasteiger partial charge in [0.1, 0.15) is 0 Å². The Morgan fingerprint density at radius 2 is 2.00 bits per heavy atom. The maximum absolute atomic E-state index is 5.81. The summed E-state index contributed by atoms with van der Waals surface area (Å²) in [5.74, 6) is 0.733. The lowest BCUT2D eigenvalue weighted by Crippen LogP contribution is -2.17. The largest absolute Gasteiger partial charge is 0.397 e. The van der Waals surface area contributed by atoms with Crippen molar-refractivity contribution in [2.45, 2.75) is 31.7 Å². The van der Waals surface area contributed by atoms with Gasteiger partial charge in [0.25, 0.3) is 0 Å². The SMILES string of the molecule is Nc1ccnc(NC2CCCC2)c1N. The first-order valence-corrected chi connectivity index (χ1v) is 5.04. The van der Waals surface area contributed by atoms with E-state index in [9.17, 15) is 0 Å². The molecule has 0 aliphatic heterocycles. The highest BCUT2D eigenvalue weighted by molar-refractivity contribution is 5.75. The van der Waals surface area contributed by atoms with Crippen LogP contribution in [0.25, 0.3) is 0 Å². The van der Waals surface area contributed by atoms with Gasteiger partial charge < -0.3 is 16.8 Å². The summed E-state index contributed by atoms with van der Waals surface area (Å²) < 4.78 is 0. The zero-order valence-electron chi connectivity index (χ0n) is 8.16. The summed E-state index contributed by atoms with van der Waals surface area (Å²) in [6.07, 6.45) is 6.68. The lowest BCUT2D eigenvalue weighted by Gasteiger charge is -2.14. The molecule has 2 rings (SSSR count). The minimum atomic E-state index is 0.520. The Labute approximate surface area is 83.7 Å². The second-order valence-corrected chi connectivity index (χ2v) is 3.79. The fourth-order valence-corrected chi connectivity index (χ4v) is 1.87. The van der Waals surface area contributed by atoms with Crippen LogP contribution in [0.15, 0.2) is 12.3 Å². The molecule has 0 bridgehead atoms. The third-order valence-electron chi connectivity index (χ3n) is 2.72. The van der Waals surface area contributed by atoms with Crippen molar-refractivity contribution in [1.29, 1.82) is 0 Å². The molecule has 0 radical (unpaired) electrons. The number of nitrogens with one attached hydrogen (secondary N) is 1. The summed E-state index contributed by atoms with van der Waals surface area (Å²) in [5.41, 5.74) is 12.7.